The van der Waals surface area contributed by atoms with E-state index in [1.165, 1.54) is 0 Å². The van der Waals surface area contributed by atoms with E-state index in [9.17, 15) is 9.59 Å². The summed E-state index contributed by atoms with van der Waals surface area (Å²) >= 11 is 0. The van der Waals surface area contributed by atoms with E-state index in [4.69, 9.17) is 4.74 Å². The first-order valence-corrected chi connectivity index (χ1v) is 8.83. The summed E-state index contributed by atoms with van der Waals surface area (Å²) in [5.41, 5.74) is 3.78. The number of nitrogens with one attached hydrogen (secondary N) is 1. The Kier molecular flexibility index (Phi) is 5.30. The first-order chi connectivity index (χ1) is 12.5. The summed E-state index contributed by atoms with van der Waals surface area (Å²) in [5, 5.41) is 0. The predicted molar refractivity (Wildman–Crippen MR) is 99.4 cm³/mol. The molecule has 6 nitrogen and oxygen atoms in total. The number of rotatable bonds is 4. The lowest BCUT2D eigenvalue weighted by Gasteiger charge is -2.35. The molecule has 1 fully saturated rings. The van der Waals surface area contributed by atoms with Crippen LogP contribution in [0.15, 0.2) is 30.6 Å². The Morgan fingerprint density at radius 3 is 2.42 bits per heavy atom. The summed E-state index contributed by atoms with van der Waals surface area (Å²) in [7, 11) is 1.63. The van der Waals surface area contributed by atoms with Crippen LogP contribution < -0.4 is 4.74 Å². The Labute approximate surface area is 153 Å². The van der Waals surface area contributed by atoms with E-state index in [0.29, 0.717) is 38.2 Å². The Morgan fingerprint density at radius 1 is 1.12 bits per heavy atom. The van der Waals surface area contributed by atoms with Gasteiger partial charge in [-0.15, -0.1) is 0 Å². The van der Waals surface area contributed by atoms with E-state index < -0.39 is 0 Å². The fourth-order valence-corrected chi connectivity index (χ4v) is 3.43. The zero-order chi connectivity index (χ0) is 18.7. The molecule has 3 rings (SSSR count). The van der Waals surface area contributed by atoms with Crippen LogP contribution in [-0.2, 0) is 11.2 Å². The molecule has 6 heteroatoms. The van der Waals surface area contributed by atoms with Crippen molar-refractivity contribution in [3.63, 3.8) is 0 Å². The zero-order valence-electron chi connectivity index (χ0n) is 15.5. The molecule has 1 aliphatic heterocycles. The quantitative estimate of drug-likeness (QED) is 0.914. The SMILES string of the molecule is COc1cc(C)cc(C)c1CC(=O)N1CCN(C(=O)c2cc[nH]c2)CC1. The Balaban J connectivity index is 1.62. The van der Waals surface area contributed by atoms with Crippen molar-refractivity contribution in [2.45, 2.75) is 20.3 Å². The first-order valence-electron chi connectivity index (χ1n) is 8.83. The zero-order valence-corrected chi connectivity index (χ0v) is 15.5. The number of aromatic amines is 1. The lowest BCUT2D eigenvalue weighted by molar-refractivity contribution is -0.131. The highest BCUT2D eigenvalue weighted by Crippen LogP contribution is 2.25. The van der Waals surface area contributed by atoms with Gasteiger partial charge < -0.3 is 19.5 Å². The number of aromatic nitrogens is 1. The van der Waals surface area contributed by atoms with Gasteiger partial charge in [-0.3, -0.25) is 9.59 Å². The number of nitrogens with zero attached hydrogens (tertiary/aromatic N) is 2. The molecule has 1 aromatic carbocycles. The predicted octanol–water partition coefficient (Wildman–Crippen LogP) is 2.17. The second-order valence-corrected chi connectivity index (χ2v) is 6.71. The Bertz CT molecular complexity index is 791. The molecule has 26 heavy (non-hydrogen) atoms. The van der Waals surface area contributed by atoms with Gasteiger partial charge in [0.05, 0.1) is 19.1 Å². The normalized spacial score (nSPS) is 14.4. The van der Waals surface area contributed by atoms with Crippen LogP contribution in [0.5, 0.6) is 5.75 Å². The highest BCUT2D eigenvalue weighted by atomic mass is 16.5. The van der Waals surface area contributed by atoms with Gasteiger partial charge in [0.15, 0.2) is 0 Å². The van der Waals surface area contributed by atoms with Crippen molar-refractivity contribution in [2.24, 2.45) is 0 Å². The number of hydrogen-bond acceptors (Lipinski definition) is 3. The van der Waals surface area contributed by atoms with Gasteiger partial charge in [-0.05, 0) is 37.1 Å². The molecule has 138 valence electrons. The number of hydrogen-bond donors (Lipinski definition) is 1. The second kappa shape index (κ2) is 7.64. The van der Waals surface area contributed by atoms with Crippen molar-refractivity contribution in [1.82, 2.24) is 14.8 Å². The summed E-state index contributed by atoms with van der Waals surface area (Å²) in [4.78, 5) is 31.6. The second-order valence-electron chi connectivity index (χ2n) is 6.71. The smallest absolute Gasteiger partial charge is 0.255 e. The van der Waals surface area contributed by atoms with Crippen molar-refractivity contribution >= 4 is 11.8 Å². The molecule has 0 unspecified atom stereocenters. The monoisotopic (exact) mass is 355 g/mol. The molecule has 2 amide bonds. The van der Waals surface area contributed by atoms with Crippen molar-refractivity contribution in [2.75, 3.05) is 33.3 Å². The van der Waals surface area contributed by atoms with Crippen LogP contribution >= 0.6 is 0 Å². The number of amides is 2. The van der Waals surface area contributed by atoms with Crippen LogP contribution in [0.25, 0.3) is 0 Å². The topological polar surface area (TPSA) is 65.6 Å². The molecule has 2 heterocycles. The van der Waals surface area contributed by atoms with Gasteiger partial charge in [-0.1, -0.05) is 6.07 Å². The number of ether oxygens (including phenoxy) is 1. The van der Waals surface area contributed by atoms with Crippen LogP contribution in [-0.4, -0.2) is 59.9 Å². The minimum Gasteiger partial charge on any atom is -0.496 e. The van der Waals surface area contributed by atoms with Gasteiger partial charge in [0.1, 0.15) is 5.75 Å². The molecule has 0 aliphatic carbocycles. The minimum absolute atomic E-state index is 0.00870. The number of carbonyl (C=O) groups is 2. The lowest BCUT2D eigenvalue weighted by Crippen LogP contribution is -2.51. The van der Waals surface area contributed by atoms with E-state index in [1.807, 2.05) is 24.8 Å². The van der Waals surface area contributed by atoms with Gasteiger partial charge in [0.25, 0.3) is 5.91 Å². The summed E-state index contributed by atoms with van der Waals surface area (Å²) in [6, 6.07) is 5.80. The largest absolute Gasteiger partial charge is 0.496 e. The maximum Gasteiger partial charge on any atom is 0.255 e. The van der Waals surface area contributed by atoms with E-state index >= 15 is 0 Å². The molecule has 0 radical (unpaired) electrons. The van der Waals surface area contributed by atoms with E-state index in [2.05, 4.69) is 11.1 Å². The number of piperazine rings is 1. The molecule has 2 aromatic rings. The van der Waals surface area contributed by atoms with Crippen molar-refractivity contribution in [1.29, 1.82) is 0 Å². The maximum absolute atomic E-state index is 12.7. The fraction of sp³-hybridized carbons (Fsp3) is 0.400. The molecule has 0 spiro atoms. The molecule has 1 N–H and O–H groups in total. The third-order valence-corrected chi connectivity index (χ3v) is 4.89. The van der Waals surface area contributed by atoms with Gasteiger partial charge >= 0.3 is 0 Å². The molecular formula is C20H25N3O3. The van der Waals surface area contributed by atoms with Crippen LogP contribution in [0.3, 0.4) is 0 Å². The summed E-state index contributed by atoms with van der Waals surface area (Å²) in [6.07, 6.45) is 3.76. The number of aryl methyl sites for hydroxylation is 2. The number of carbonyl (C=O) groups excluding carboxylic acids is 2. The van der Waals surface area contributed by atoms with Crippen LogP contribution in [0.4, 0.5) is 0 Å². The maximum atomic E-state index is 12.7. The van der Waals surface area contributed by atoms with Crippen LogP contribution in [0.1, 0.15) is 27.0 Å². The number of H-pyrrole nitrogens is 1. The van der Waals surface area contributed by atoms with E-state index in [1.54, 1.807) is 30.5 Å². The minimum atomic E-state index is 0.00870. The third-order valence-electron chi connectivity index (χ3n) is 4.89. The number of methoxy groups -OCH3 is 1. The summed E-state index contributed by atoms with van der Waals surface area (Å²) < 4.78 is 5.46. The molecule has 0 bridgehead atoms. The fourth-order valence-electron chi connectivity index (χ4n) is 3.43. The average Bonchev–Trinajstić information content (AvgIpc) is 3.17. The van der Waals surface area contributed by atoms with Gasteiger partial charge in [0.2, 0.25) is 5.91 Å². The van der Waals surface area contributed by atoms with Crippen molar-refractivity contribution in [3.05, 3.63) is 52.8 Å². The van der Waals surface area contributed by atoms with Gasteiger partial charge in [0, 0.05) is 44.1 Å². The molecular weight excluding hydrogens is 330 g/mol. The molecule has 1 saturated heterocycles. The van der Waals surface area contributed by atoms with Crippen molar-refractivity contribution in [3.8, 4) is 5.75 Å². The summed E-state index contributed by atoms with van der Waals surface area (Å²) in [5.74, 6) is 0.843. The molecule has 1 aromatic heterocycles. The molecule has 1 aliphatic rings. The highest BCUT2D eigenvalue weighted by molar-refractivity contribution is 5.94. The Morgan fingerprint density at radius 2 is 1.81 bits per heavy atom. The Hall–Kier alpha value is -2.76. The number of benzene rings is 1. The average molecular weight is 355 g/mol. The lowest BCUT2D eigenvalue weighted by atomic mass is 10.0. The standard InChI is InChI=1S/C20H25N3O3/c1-14-10-15(2)17(18(11-14)26-3)12-19(24)22-6-8-23(9-7-22)20(25)16-4-5-21-13-16/h4-5,10-11,13,21H,6-9,12H2,1-3H3. The van der Waals surface area contributed by atoms with Crippen LogP contribution in [0.2, 0.25) is 0 Å². The molecule has 0 saturated carbocycles. The van der Waals surface area contributed by atoms with Crippen LogP contribution in [0, 0.1) is 13.8 Å². The first kappa shape index (κ1) is 18.0. The van der Waals surface area contributed by atoms with Crippen molar-refractivity contribution < 1.29 is 14.3 Å². The van der Waals surface area contributed by atoms with E-state index in [0.717, 1.165) is 22.4 Å². The van der Waals surface area contributed by atoms with E-state index in [-0.39, 0.29) is 11.8 Å². The summed E-state index contributed by atoms with van der Waals surface area (Å²) in [6.45, 7) is 6.25. The molecule has 0 atom stereocenters. The highest BCUT2D eigenvalue weighted by Gasteiger charge is 2.26. The third kappa shape index (κ3) is 3.74. The van der Waals surface area contributed by atoms with Gasteiger partial charge in [-0.2, -0.15) is 0 Å². The van der Waals surface area contributed by atoms with Gasteiger partial charge in [-0.25, -0.2) is 0 Å².